The smallest absolute Gasteiger partial charge is 0.409 e. The molecule has 4 aliphatic rings. The first-order chi connectivity index (χ1) is 32.7. The van der Waals surface area contributed by atoms with E-state index in [4.69, 9.17) is 14.5 Å². The van der Waals surface area contributed by atoms with Crippen LogP contribution in [-0.4, -0.2) is 124 Å². The molecule has 18 heteroatoms. The zero-order chi connectivity index (χ0) is 49.7. The van der Waals surface area contributed by atoms with Crippen LogP contribution in [0.4, 0.5) is 13.2 Å². The molecule has 6 atom stereocenters. The van der Waals surface area contributed by atoms with Crippen LogP contribution >= 0.6 is 0 Å². The van der Waals surface area contributed by atoms with Crippen molar-refractivity contribution in [2.24, 2.45) is 17.3 Å². The number of aromatic nitrogens is 2. The quantitative estimate of drug-likeness (QED) is 0.132. The van der Waals surface area contributed by atoms with Crippen LogP contribution < -0.4 is 10.7 Å². The van der Waals surface area contributed by atoms with Gasteiger partial charge in [-0.3, -0.25) is 34.0 Å². The minimum absolute atomic E-state index is 0.00428. The van der Waals surface area contributed by atoms with Crippen LogP contribution in [0.5, 0.6) is 5.75 Å². The first-order valence-electron chi connectivity index (χ1n) is 23.5. The van der Waals surface area contributed by atoms with Crippen LogP contribution in [-0.2, 0) is 46.4 Å². The number of aryl methyl sites for hydroxylation is 1. The number of hydrogen-bond donors (Lipinski definition) is 3. The fraction of sp³-hybridized carbons (Fsp3) is 0.490. The number of likely N-dealkylation sites (tertiary alicyclic amines) is 1. The SMILES string of the molecule is CCn1c2c3c4cc(ccc41)-c1cc(O)cc(c1)C[C@H](NC(=O)[C@H](C(C)C)N(C)C(=O)[C@H]1CCN(C(=O)/C=C/C(F)(F)F)C1)C(=O)N1CCC[C@H](N1)C(=O)OCC(C)(C)C3[C@H](OC)c1ncccc1-2. The monoisotopic (exact) mass is 955 g/mol. The van der Waals surface area contributed by atoms with Crippen molar-refractivity contribution in [1.82, 2.24) is 35.1 Å². The number of alkyl halides is 3. The minimum Gasteiger partial charge on any atom is -0.508 e. The largest absolute Gasteiger partial charge is 0.508 e. The molecule has 4 amide bonds. The number of benzene rings is 2. The molecule has 2 saturated heterocycles. The van der Waals surface area contributed by atoms with Gasteiger partial charge in [-0.25, -0.2) is 5.43 Å². The van der Waals surface area contributed by atoms with Gasteiger partial charge in [-0.15, -0.1) is 0 Å². The molecular formula is C51H60F3N7O8. The molecule has 1 unspecified atom stereocenters. The van der Waals surface area contributed by atoms with Gasteiger partial charge in [0.2, 0.25) is 17.7 Å². The Morgan fingerprint density at radius 1 is 1.09 bits per heavy atom. The Balaban J connectivity index is 1.17. The zero-order valence-corrected chi connectivity index (χ0v) is 39.9. The van der Waals surface area contributed by atoms with Gasteiger partial charge >= 0.3 is 12.1 Å². The van der Waals surface area contributed by atoms with Crippen LogP contribution in [0, 0.1) is 17.3 Å². The Hall–Kier alpha value is -6.27. The molecule has 3 aliphatic heterocycles. The molecule has 5 heterocycles. The number of halogens is 3. The van der Waals surface area contributed by atoms with E-state index < -0.39 is 77.3 Å². The number of hydrazine groups is 1. The molecule has 4 aromatic rings. The number of carbonyl (C=O) groups is 5. The molecule has 69 heavy (non-hydrogen) atoms. The van der Waals surface area contributed by atoms with E-state index in [1.165, 1.54) is 27.9 Å². The second-order valence-electron chi connectivity index (χ2n) is 19.7. The van der Waals surface area contributed by atoms with Crippen LogP contribution in [0.15, 0.2) is 66.9 Å². The summed E-state index contributed by atoms with van der Waals surface area (Å²) in [6.07, 6.45) is -2.21. The highest BCUT2D eigenvalue weighted by molar-refractivity contribution is 5.97. The third kappa shape index (κ3) is 9.69. The normalized spacial score (nSPS) is 23.1. The van der Waals surface area contributed by atoms with Gasteiger partial charge in [-0.05, 0) is 90.8 Å². The van der Waals surface area contributed by atoms with Crippen LogP contribution in [0.1, 0.15) is 82.7 Å². The summed E-state index contributed by atoms with van der Waals surface area (Å²) in [6.45, 7) is 10.5. The molecule has 2 aromatic carbocycles. The number of methoxy groups -OCH3 is 1. The van der Waals surface area contributed by atoms with Crippen LogP contribution in [0.2, 0.25) is 0 Å². The van der Waals surface area contributed by atoms with Crippen molar-refractivity contribution < 1.29 is 51.7 Å². The van der Waals surface area contributed by atoms with Gasteiger partial charge in [-0.1, -0.05) is 39.8 Å². The lowest BCUT2D eigenvalue weighted by atomic mass is 9.67. The number of pyridine rings is 1. The summed E-state index contributed by atoms with van der Waals surface area (Å²) in [4.78, 5) is 77.2. The van der Waals surface area contributed by atoms with Gasteiger partial charge in [-0.2, -0.15) is 13.2 Å². The fourth-order valence-corrected chi connectivity index (χ4v) is 10.9. The molecule has 6 bridgehead atoms. The topological polar surface area (TPSA) is 176 Å². The number of esters is 1. The molecular weight excluding hydrogens is 896 g/mol. The number of rotatable bonds is 8. The number of amides is 4. The number of carbonyl (C=O) groups excluding carboxylic acids is 5. The van der Waals surface area contributed by atoms with Crippen molar-refractivity contribution in [2.75, 3.05) is 40.4 Å². The number of nitrogens with zero attached hydrogens (tertiary/aromatic N) is 5. The van der Waals surface area contributed by atoms with Crippen molar-refractivity contribution in [3.8, 4) is 28.1 Å². The van der Waals surface area contributed by atoms with Gasteiger partial charge in [0.05, 0.1) is 23.9 Å². The molecule has 0 radical (unpaired) electrons. The highest BCUT2D eigenvalue weighted by Crippen LogP contribution is 2.57. The van der Waals surface area contributed by atoms with Gasteiger partial charge in [0.15, 0.2) is 0 Å². The lowest BCUT2D eigenvalue weighted by molar-refractivity contribution is -0.156. The number of ether oxygens (including phenoxy) is 2. The summed E-state index contributed by atoms with van der Waals surface area (Å²) >= 11 is 0. The fourth-order valence-electron chi connectivity index (χ4n) is 10.9. The van der Waals surface area contributed by atoms with E-state index in [1.807, 2.05) is 32.0 Å². The van der Waals surface area contributed by atoms with E-state index in [0.29, 0.717) is 36.6 Å². The van der Waals surface area contributed by atoms with Gasteiger partial charge in [0, 0.05) is 92.9 Å². The third-order valence-electron chi connectivity index (χ3n) is 14.1. The Kier molecular flexibility index (Phi) is 13.7. The molecule has 368 valence electrons. The summed E-state index contributed by atoms with van der Waals surface area (Å²) in [5.41, 5.74) is 9.06. The zero-order valence-electron chi connectivity index (χ0n) is 39.9. The molecule has 3 N–H and O–H groups in total. The number of phenols is 1. The Morgan fingerprint density at radius 3 is 2.57 bits per heavy atom. The Bertz CT molecular complexity index is 2700. The van der Waals surface area contributed by atoms with Gasteiger partial charge in [0.25, 0.3) is 5.91 Å². The number of cyclic esters (lactones) is 1. The second-order valence-corrected chi connectivity index (χ2v) is 19.7. The number of phenolic OH excluding ortho intramolecular Hbond substituents is 1. The lowest BCUT2D eigenvalue weighted by Crippen LogP contribution is -2.62. The number of allylic oxidation sites excluding steroid dienone is 1. The number of hydrogen-bond acceptors (Lipinski definition) is 10. The van der Waals surface area contributed by atoms with E-state index in [9.17, 15) is 42.3 Å². The maximum atomic E-state index is 14.8. The number of fused-ring (bicyclic) bond motifs is 8. The first kappa shape index (κ1) is 49.2. The summed E-state index contributed by atoms with van der Waals surface area (Å²) < 4.78 is 53.1. The Morgan fingerprint density at radius 2 is 1.86 bits per heavy atom. The molecule has 2 fully saturated rings. The molecule has 0 saturated carbocycles. The summed E-state index contributed by atoms with van der Waals surface area (Å²) in [5, 5.41) is 16.5. The van der Waals surface area contributed by atoms with E-state index >= 15 is 0 Å². The van der Waals surface area contributed by atoms with Crippen molar-refractivity contribution in [3.63, 3.8) is 0 Å². The lowest BCUT2D eigenvalue weighted by Gasteiger charge is -2.42. The van der Waals surface area contributed by atoms with E-state index in [0.717, 1.165) is 39.0 Å². The summed E-state index contributed by atoms with van der Waals surface area (Å²) in [6, 6.07) is 11.9. The molecule has 2 aromatic heterocycles. The highest BCUT2D eigenvalue weighted by atomic mass is 19.4. The third-order valence-corrected chi connectivity index (χ3v) is 14.1. The first-order valence-corrected chi connectivity index (χ1v) is 23.5. The molecule has 0 spiro atoms. The summed E-state index contributed by atoms with van der Waals surface area (Å²) in [7, 11) is 3.12. The maximum absolute atomic E-state index is 14.8. The molecule has 8 rings (SSSR count). The maximum Gasteiger partial charge on any atom is 0.409 e. The van der Waals surface area contributed by atoms with Crippen molar-refractivity contribution in [1.29, 1.82) is 0 Å². The number of likely N-dealkylation sites (N-methyl/N-ethyl adjacent to an activating group) is 1. The van der Waals surface area contributed by atoms with Crippen LogP contribution in [0.3, 0.4) is 0 Å². The molecule has 15 nitrogen and oxygen atoms in total. The summed E-state index contributed by atoms with van der Waals surface area (Å²) in [5.74, 6) is -4.77. The number of aromatic hydroxyl groups is 1. The highest BCUT2D eigenvalue weighted by Gasteiger charge is 2.48. The van der Waals surface area contributed by atoms with E-state index in [-0.39, 0.29) is 56.8 Å². The van der Waals surface area contributed by atoms with E-state index in [2.05, 4.69) is 40.4 Å². The predicted molar refractivity (Wildman–Crippen MR) is 250 cm³/mol. The average molecular weight is 956 g/mol. The Labute approximate surface area is 399 Å². The average Bonchev–Trinajstić information content (AvgIpc) is 3.94. The van der Waals surface area contributed by atoms with Crippen molar-refractivity contribution >= 4 is 40.5 Å². The predicted octanol–water partition coefficient (Wildman–Crippen LogP) is 6.44. The van der Waals surface area contributed by atoms with Crippen LogP contribution in [0.25, 0.3) is 33.3 Å². The van der Waals surface area contributed by atoms with Crippen molar-refractivity contribution in [3.05, 3.63) is 83.7 Å². The van der Waals surface area contributed by atoms with Gasteiger partial charge < -0.3 is 34.3 Å². The number of nitrogens with one attached hydrogen (secondary N) is 2. The minimum atomic E-state index is -4.67. The van der Waals surface area contributed by atoms with Crippen molar-refractivity contribution in [2.45, 2.75) is 103 Å². The van der Waals surface area contributed by atoms with Gasteiger partial charge in [0.1, 0.15) is 30.0 Å². The van der Waals surface area contributed by atoms with E-state index in [1.54, 1.807) is 33.2 Å². The molecule has 1 aliphatic carbocycles. The standard InChI is InChI=1S/C51H60F3N7O8/c1-8-60-38-14-13-30-25-35(38)40-41(45(68-7)42-34(44(40)60)11-9-18-55-42)50(4,5)27-69-49(67)36-12-10-19-61(57-36)48(66)37(23-29-21-32(30)24-33(62)22-29)56-46(64)43(28(2)3)58(6)47(65)31-16-20-59(26-31)39(63)15-17-51(52,53)54/h9,11,13-15,17-18,21-22,24-25,28,31,36-37,41,43,45,57,62H,8,10,12,16,19-20,23,26-27H2,1-7H3,(H,56,64)/b17-15+/t31-,36-,37-,41?,43-,45-/m0/s1. The second kappa shape index (κ2) is 19.3.